The molecule has 0 radical (unpaired) electrons. The van der Waals surface area contributed by atoms with Gasteiger partial charge in [-0.2, -0.15) is 0 Å². The maximum Gasteiger partial charge on any atom is 0.264 e. The molecular weight excluding hydrogens is 200 g/mol. The molecular formula is C7H7ClO3S. The molecule has 12 heavy (non-hydrogen) atoms. The van der Waals surface area contributed by atoms with Crippen molar-refractivity contribution in [2.75, 3.05) is 0 Å². The van der Waals surface area contributed by atoms with Gasteiger partial charge in [-0.1, -0.05) is 6.58 Å². The Bertz CT molecular complexity index is 402. The smallest absolute Gasteiger partial charge is 0.264 e. The number of aryl methyl sites for hydroxylation is 1. The molecule has 0 aliphatic rings. The lowest BCUT2D eigenvalue weighted by Crippen LogP contribution is -1.90. The molecule has 0 spiro atoms. The van der Waals surface area contributed by atoms with E-state index in [0.717, 1.165) is 0 Å². The van der Waals surface area contributed by atoms with Crippen LogP contribution in [-0.2, 0) is 9.05 Å². The maximum absolute atomic E-state index is 10.7. The Labute approximate surface area is 75.1 Å². The molecule has 5 heteroatoms. The molecule has 3 nitrogen and oxygen atoms in total. The van der Waals surface area contributed by atoms with Crippen LogP contribution >= 0.6 is 10.7 Å². The Kier molecular flexibility index (Phi) is 2.30. The van der Waals surface area contributed by atoms with Gasteiger partial charge in [-0.25, -0.2) is 8.42 Å². The Morgan fingerprint density at radius 1 is 1.58 bits per heavy atom. The van der Waals surface area contributed by atoms with E-state index in [1.54, 1.807) is 13.0 Å². The van der Waals surface area contributed by atoms with E-state index in [-0.39, 0.29) is 10.7 Å². The third kappa shape index (κ3) is 1.89. The van der Waals surface area contributed by atoms with Gasteiger partial charge in [0.05, 0.1) is 0 Å². The summed E-state index contributed by atoms with van der Waals surface area (Å²) in [5.41, 5.74) is 0. The van der Waals surface area contributed by atoms with E-state index in [9.17, 15) is 8.42 Å². The van der Waals surface area contributed by atoms with Gasteiger partial charge in [0.25, 0.3) is 9.05 Å². The lowest BCUT2D eigenvalue weighted by molar-refractivity contribution is 0.523. The molecule has 1 aromatic heterocycles. The number of furan rings is 1. The van der Waals surface area contributed by atoms with Crippen molar-refractivity contribution >= 4 is 24.6 Å². The van der Waals surface area contributed by atoms with E-state index in [1.165, 1.54) is 6.07 Å². The quantitative estimate of drug-likeness (QED) is 0.697. The molecule has 0 fully saturated rings. The molecule has 0 amide bonds. The minimum atomic E-state index is -3.76. The Morgan fingerprint density at radius 3 is 2.50 bits per heavy atom. The van der Waals surface area contributed by atoms with Crippen LogP contribution in [0.2, 0.25) is 0 Å². The molecule has 0 N–H and O–H groups in total. The van der Waals surface area contributed by atoms with E-state index in [4.69, 9.17) is 15.1 Å². The standard InChI is InChI=1S/C7H7ClO3S/c1-5-3-4-7(11-5)6(2)12(8,9)10/h3-4H,2H2,1H3. The summed E-state index contributed by atoms with van der Waals surface area (Å²) < 4.78 is 26.5. The summed E-state index contributed by atoms with van der Waals surface area (Å²) in [6.07, 6.45) is 0. The van der Waals surface area contributed by atoms with Crippen molar-refractivity contribution in [3.05, 3.63) is 30.2 Å². The number of hydrogen-bond donors (Lipinski definition) is 0. The minimum absolute atomic E-state index is 0.183. The molecule has 0 bridgehead atoms. The van der Waals surface area contributed by atoms with Crippen molar-refractivity contribution in [3.63, 3.8) is 0 Å². The lowest BCUT2D eigenvalue weighted by atomic mass is 10.4. The van der Waals surface area contributed by atoms with Crippen LogP contribution in [0.15, 0.2) is 23.1 Å². The zero-order valence-electron chi connectivity index (χ0n) is 6.37. The second-order valence-corrected chi connectivity index (χ2v) is 4.86. The summed E-state index contributed by atoms with van der Waals surface area (Å²) in [6.45, 7) is 5.00. The van der Waals surface area contributed by atoms with Crippen LogP contribution in [0.4, 0.5) is 0 Å². The van der Waals surface area contributed by atoms with E-state index in [0.29, 0.717) is 5.76 Å². The minimum Gasteiger partial charge on any atom is -0.461 e. The number of halogens is 1. The predicted octanol–water partition coefficient (Wildman–Crippen LogP) is 2.13. The monoisotopic (exact) mass is 206 g/mol. The van der Waals surface area contributed by atoms with Gasteiger partial charge in [-0.3, -0.25) is 0 Å². The molecule has 66 valence electrons. The molecule has 0 saturated heterocycles. The Balaban J connectivity index is 3.10. The summed E-state index contributed by atoms with van der Waals surface area (Å²) in [4.78, 5) is -0.211. The fourth-order valence-corrected chi connectivity index (χ4v) is 1.28. The molecule has 0 aromatic carbocycles. The van der Waals surface area contributed by atoms with Gasteiger partial charge in [0.1, 0.15) is 16.4 Å². The second-order valence-electron chi connectivity index (χ2n) is 2.27. The van der Waals surface area contributed by atoms with Crippen LogP contribution in [-0.4, -0.2) is 8.42 Å². The summed E-state index contributed by atoms with van der Waals surface area (Å²) in [6, 6.07) is 3.15. The van der Waals surface area contributed by atoms with E-state index in [1.807, 2.05) is 0 Å². The van der Waals surface area contributed by atoms with Gasteiger partial charge < -0.3 is 4.42 Å². The van der Waals surface area contributed by atoms with Crippen molar-refractivity contribution in [3.8, 4) is 0 Å². The van der Waals surface area contributed by atoms with Crippen LogP contribution in [0.3, 0.4) is 0 Å². The van der Waals surface area contributed by atoms with Gasteiger partial charge in [0.2, 0.25) is 0 Å². The van der Waals surface area contributed by atoms with Crippen molar-refractivity contribution in [2.45, 2.75) is 6.92 Å². The topological polar surface area (TPSA) is 47.3 Å². The van der Waals surface area contributed by atoms with Crippen molar-refractivity contribution in [1.29, 1.82) is 0 Å². The third-order valence-corrected chi connectivity index (χ3v) is 2.66. The van der Waals surface area contributed by atoms with Crippen molar-refractivity contribution in [1.82, 2.24) is 0 Å². The Morgan fingerprint density at radius 2 is 2.17 bits per heavy atom. The zero-order chi connectivity index (χ0) is 9.35. The van der Waals surface area contributed by atoms with Crippen molar-refractivity contribution < 1.29 is 12.8 Å². The first kappa shape index (κ1) is 9.35. The maximum atomic E-state index is 10.7. The fraction of sp³-hybridized carbons (Fsp3) is 0.143. The van der Waals surface area contributed by atoms with Crippen LogP contribution < -0.4 is 0 Å². The summed E-state index contributed by atoms with van der Waals surface area (Å²) >= 11 is 0. The normalized spacial score (nSPS) is 11.5. The summed E-state index contributed by atoms with van der Waals surface area (Å²) in [5.74, 6) is 0.800. The SMILES string of the molecule is C=C(c1ccc(C)o1)S(=O)(=O)Cl. The van der Waals surface area contributed by atoms with Gasteiger partial charge >= 0.3 is 0 Å². The fourth-order valence-electron chi connectivity index (χ4n) is 0.705. The van der Waals surface area contributed by atoms with Crippen LogP contribution in [0.1, 0.15) is 11.5 Å². The molecule has 0 atom stereocenters. The average Bonchev–Trinajstić information content (AvgIpc) is 2.32. The average molecular weight is 207 g/mol. The van der Waals surface area contributed by atoms with Crippen molar-refractivity contribution in [2.24, 2.45) is 0 Å². The van der Waals surface area contributed by atoms with Gasteiger partial charge in [0.15, 0.2) is 0 Å². The molecule has 0 aliphatic carbocycles. The van der Waals surface area contributed by atoms with Crippen LogP contribution in [0.5, 0.6) is 0 Å². The third-order valence-electron chi connectivity index (χ3n) is 1.31. The van der Waals surface area contributed by atoms with Gasteiger partial charge in [-0.05, 0) is 19.1 Å². The Hall–Kier alpha value is -0.740. The molecule has 0 unspecified atom stereocenters. The largest absolute Gasteiger partial charge is 0.461 e. The highest BCUT2D eigenvalue weighted by Gasteiger charge is 2.16. The van der Waals surface area contributed by atoms with Gasteiger partial charge in [-0.15, -0.1) is 0 Å². The van der Waals surface area contributed by atoms with Crippen LogP contribution in [0.25, 0.3) is 4.91 Å². The predicted molar refractivity (Wildman–Crippen MR) is 47.3 cm³/mol. The first-order valence-corrected chi connectivity index (χ1v) is 5.42. The van der Waals surface area contributed by atoms with E-state index in [2.05, 4.69) is 6.58 Å². The first-order valence-electron chi connectivity index (χ1n) is 3.11. The summed E-state index contributed by atoms with van der Waals surface area (Å²) in [5, 5.41) is 0. The highest BCUT2D eigenvalue weighted by atomic mass is 35.7. The highest BCUT2D eigenvalue weighted by Crippen LogP contribution is 2.23. The molecule has 1 heterocycles. The lowest BCUT2D eigenvalue weighted by Gasteiger charge is -1.94. The van der Waals surface area contributed by atoms with Crippen LogP contribution in [0, 0.1) is 6.92 Å². The van der Waals surface area contributed by atoms with E-state index < -0.39 is 9.05 Å². The number of hydrogen-bond acceptors (Lipinski definition) is 3. The van der Waals surface area contributed by atoms with Gasteiger partial charge in [0, 0.05) is 10.7 Å². The number of rotatable bonds is 2. The molecule has 0 aliphatic heterocycles. The summed E-state index contributed by atoms with van der Waals surface area (Å²) in [7, 11) is 1.28. The highest BCUT2D eigenvalue weighted by molar-refractivity contribution is 8.21. The molecule has 1 rings (SSSR count). The first-order chi connectivity index (χ1) is 5.41. The molecule has 0 saturated carbocycles. The van der Waals surface area contributed by atoms with E-state index >= 15 is 0 Å². The zero-order valence-corrected chi connectivity index (χ0v) is 7.95. The molecule has 1 aromatic rings. The second kappa shape index (κ2) is 2.95.